The van der Waals surface area contributed by atoms with Crippen LogP contribution in [0.15, 0.2) is 0 Å². The highest BCUT2D eigenvalue weighted by molar-refractivity contribution is 6.74. The lowest BCUT2D eigenvalue weighted by molar-refractivity contribution is -0.0192. The number of ether oxygens (including phenoxy) is 6. The maximum absolute atomic E-state index is 6.06. The third-order valence-corrected chi connectivity index (χ3v) is 9.99. The van der Waals surface area contributed by atoms with Crippen molar-refractivity contribution in [3.05, 3.63) is 0 Å². The average Bonchev–Trinajstić information content (AvgIpc) is 2.71. The summed E-state index contributed by atoms with van der Waals surface area (Å²) in [6.07, 6.45) is 1.14. The first-order valence-electron chi connectivity index (χ1n) is 11.8. The first kappa shape index (κ1) is 30.9. The van der Waals surface area contributed by atoms with Crippen LogP contribution in [0.2, 0.25) is 18.1 Å². The first-order chi connectivity index (χ1) is 14.7. The summed E-state index contributed by atoms with van der Waals surface area (Å²) in [7, 11) is -1.67. The zero-order chi connectivity index (χ0) is 23.4. The van der Waals surface area contributed by atoms with Gasteiger partial charge in [-0.05, 0) is 24.1 Å². The Hall–Kier alpha value is -0.0631. The summed E-state index contributed by atoms with van der Waals surface area (Å²) in [6, 6.07) is 0. The third-order valence-electron chi connectivity index (χ3n) is 5.46. The fourth-order valence-electron chi connectivity index (χ4n) is 2.07. The van der Waals surface area contributed by atoms with Gasteiger partial charge >= 0.3 is 0 Å². The fourth-order valence-corrected chi connectivity index (χ4v) is 3.10. The smallest absolute Gasteiger partial charge is 0.192 e. The molecule has 0 fully saturated rings. The summed E-state index contributed by atoms with van der Waals surface area (Å²) < 4.78 is 39.0. The SMILES string of the molecule is CCC(C)COCCOCCOCCOCCOCCOCCO[Si](C)(C)C(C)(C)C. The van der Waals surface area contributed by atoms with Crippen LogP contribution in [0.3, 0.4) is 0 Å². The number of hydrogen-bond donors (Lipinski definition) is 0. The molecule has 0 aromatic heterocycles. The molecule has 188 valence electrons. The molecule has 0 radical (unpaired) electrons. The van der Waals surface area contributed by atoms with Crippen molar-refractivity contribution in [1.82, 2.24) is 0 Å². The van der Waals surface area contributed by atoms with Gasteiger partial charge in [0.2, 0.25) is 0 Å². The molecule has 7 nitrogen and oxygen atoms in total. The van der Waals surface area contributed by atoms with Crippen molar-refractivity contribution in [2.24, 2.45) is 5.92 Å². The summed E-state index contributed by atoms with van der Waals surface area (Å²) in [5.74, 6) is 0.611. The van der Waals surface area contributed by atoms with E-state index in [9.17, 15) is 0 Å². The topological polar surface area (TPSA) is 64.6 Å². The normalized spacial score (nSPS) is 13.6. The lowest BCUT2D eigenvalue weighted by Crippen LogP contribution is -2.41. The van der Waals surface area contributed by atoms with E-state index >= 15 is 0 Å². The minimum Gasteiger partial charge on any atom is -0.414 e. The standard InChI is InChI=1S/C23H50O7Si/c1-8-22(2)21-29-18-17-27-14-13-25-10-9-24-11-12-26-15-16-28-19-20-30-31(6,7)23(3,4)5/h22H,8-21H2,1-7H3. The van der Waals surface area contributed by atoms with E-state index in [1.54, 1.807) is 0 Å². The molecule has 0 aromatic carbocycles. The Morgan fingerprint density at radius 3 is 1.23 bits per heavy atom. The van der Waals surface area contributed by atoms with Crippen LogP contribution in [0.4, 0.5) is 0 Å². The van der Waals surface area contributed by atoms with Crippen LogP contribution >= 0.6 is 0 Å². The molecule has 1 atom stereocenters. The third kappa shape index (κ3) is 19.1. The predicted molar refractivity (Wildman–Crippen MR) is 128 cm³/mol. The van der Waals surface area contributed by atoms with Gasteiger partial charge in [-0.1, -0.05) is 41.0 Å². The summed E-state index contributed by atoms with van der Waals surface area (Å²) in [5.41, 5.74) is 0. The highest BCUT2D eigenvalue weighted by Gasteiger charge is 2.36. The quantitative estimate of drug-likeness (QED) is 0.175. The maximum atomic E-state index is 6.06. The van der Waals surface area contributed by atoms with Crippen LogP contribution in [0.1, 0.15) is 41.0 Å². The molecule has 0 saturated carbocycles. The predicted octanol–water partition coefficient (Wildman–Crippen LogP) is 4.15. The molecule has 1 unspecified atom stereocenters. The second-order valence-corrected chi connectivity index (χ2v) is 14.1. The minimum atomic E-state index is -1.67. The van der Waals surface area contributed by atoms with Crippen molar-refractivity contribution < 1.29 is 32.8 Å². The van der Waals surface area contributed by atoms with Gasteiger partial charge in [-0.25, -0.2) is 0 Å². The van der Waals surface area contributed by atoms with Crippen LogP contribution < -0.4 is 0 Å². The number of rotatable bonds is 22. The zero-order valence-electron chi connectivity index (χ0n) is 21.3. The molecule has 0 aliphatic carbocycles. The van der Waals surface area contributed by atoms with Gasteiger partial charge < -0.3 is 32.8 Å². The molecule has 8 heteroatoms. The molecule has 0 aliphatic rings. The lowest BCUT2D eigenvalue weighted by atomic mass is 10.1. The van der Waals surface area contributed by atoms with E-state index in [1.807, 2.05) is 0 Å². The van der Waals surface area contributed by atoms with E-state index in [0.29, 0.717) is 85.2 Å². The molecule has 0 amide bonds. The van der Waals surface area contributed by atoms with Crippen LogP contribution in [-0.2, 0) is 32.8 Å². The molecule has 0 heterocycles. The first-order valence-corrected chi connectivity index (χ1v) is 14.7. The van der Waals surface area contributed by atoms with Crippen molar-refractivity contribution >= 4 is 8.32 Å². The van der Waals surface area contributed by atoms with E-state index in [-0.39, 0.29) is 5.04 Å². The monoisotopic (exact) mass is 466 g/mol. The van der Waals surface area contributed by atoms with Crippen molar-refractivity contribution in [3.63, 3.8) is 0 Å². The van der Waals surface area contributed by atoms with Gasteiger partial charge in [0.1, 0.15) is 0 Å². The molecular weight excluding hydrogens is 416 g/mol. The maximum Gasteiger partial charge on any atom is 0.192 e. The summed E-state index contributed by atoms with van der Waals surface area (Å²) in [4.78, 5) is 0. The second-order valence-electron chi connectivity index (χ2n) is 9.26. The van der Waals surface area contributed by atoms with Crippen molar-refractivity contribution in [2.75, 3.05) is 85.9 Å². The molecule has 0 N–H and O–H groups in total. The molecule has 0 saturated heterocycles. The molecule has 31 heavy (non-hydrogen) atoms. The summed E-state index contributed by atoms with van der Waals surface area (Å²) >= 11 is 0. The number of hydrogen-bond acceptors (Lipinski definition) is 7. The summed E-state index contributed by atoms with van der Waals surface area (Å²) in [6.45, 7) is 23.4. The van der Waals surface area contributed by atoms with Crippen molar-refractivity contribution in [2.45, 2.75) is 59.2 Å². The molecule has 0 aliphatic heterocycles. The Balaban J connectivity index is 3.19. The highest BCUT2D eigenvalue weighted by atomic mass is 28.4. The van der Waals surface area contributed by atoms with E-state index in [2.05, 4.69) is 47.7 Å². The Bertz CT molecular complexity index is 389. The van der Waals surface area contributed by atoms with Gasteiger partial charge in [-0.15, -0.1) is 0 Å². The average molecular weight is 467 g/mol. The van der Waals surface area contributed by atoms with Gasteiger partial charge in [-0.3, -0.25) is 0 Å². The van der Waals surface area contributed by atoms with Crippen LogP contribution in [0.5, 0.6) is 0 Å². The largest absolute Gasteiger partial charge is 0.414 e. The molecule has 0 spiro atoms. The second kappa shape index (κ2) is 19.4. The highest BCUT2D eigenvalue weighted by Crippen LogP contribution is 2.36. The summed E-state index contributed by atoms with van der Waals surface area (Å²) in [5, 5.41) is 0.233. The molecular formula is C23H50O7Si. The van der Waals surface area contributed by atoms with E-state index in [0.717, 1.165) is 13.0 Å². The fraction of sp³-hybridized carbons (Fsp3) is 1.00. The molecule has 0 bridgehead atoms. The van der Waals surface area contributed by atoms with Gasteiger partial charge in [0.15, 0.2) is 8.32 Å². The Kier molecular flexibility index (Phi) is 19.4. The Morgan fingerprint density at radius 2 is 0.903 bits per heavy atom. The van der Waals surface area contributed by atoms with E-state index < -0.39 is 8.32 Å². The van der Waals surface area contributed by atoms with Gasteiger partial charge in [0.05, 0.1) is 79.3 Å². The zero-order valence-corrected chi connectivity index (χ0v) is 22.3. The van der Waals surface area contributed by atoms with Crippen LogP contribution in [-0.4, -0.2) is 94.2 Å². The Labute approximate surface area is 192 Å². The van der Waals surface area contributed by atoms with Crippen molar-refractivity contribution in [3.8, 4) is 0 Å². The Morgan fingerprint density at radius 1 is 0.581 bits per heavy atom. The molecule has 0 rings (SSSR count). The van der Waals surface area contributed by atoms with Crippen LogP contribution in [0.25, 0.3) is 0 Å². The van der Waals surface area contributed by atoms with Crippen molar-refractivity contribution in [1.29, 1.82) is 0 Å². The van der Waals surface area contributed by atoms with Gasteiger partial charge in [0, 0.05) is 6.61 Å². The van der Waals surface area contributed by atoms with Gasteiger partial charge in [-0.2, -0.15) is 0 Å². The van der Waals surface area contributed by atoms with E-state index in [1.165, 1.54) is 0 Å². The van der Waals surface area contributed by atoms with E-state index in [4.69, 9.17) is 32.8 Å². The minimum absolute atomic E-state index is 0.233. The molecule has 0 aromatic rings. The van der Waals surface area contributed by atoms with Gasteiger partial charge in [0.25, 0.3) is 0 Å². The lowest BCUT2D eigenvalue weighted by Gasteiger charge is -2.36. The van der Waals surface area contributed by atoms with Crippen LogP contribution in [0, 0.1) is 5.92 Å².